The number of aromatic nitrogens is 3. The van der Waals surface area contributed by atoms with Crippen molar-refractivity contribution in [2.24, 2.45) is 0 Å². The number of rotatable bonds is 3. The van der Waals surface area contributed by atoms with Crippen molar-refractivity contribution in [2.75, 3.05) is 7.11 Å². The summed E-state index contributed by atoms with van der Waals surface area (Å²) in [6.07, 6.45) is 3.33. The number of aryl methyl sites for hydroxylation is 1. The fourth-order valence-corrected chi connectivity index (χ4v) is 2.36. The topological polar surface area (TPSA) is 80.4 Å². The number of hydrogen-bond acceptors (Lipinski definition) is 5. The number of methoxy groups -OCH3 is 1. The van der Waals surface area contributed by atoms with Crippen molar-refractivity contribution >= 4 is 0 Å². The van der Waals surface area contributed by atoms with Crippen molar-refractivity contribution in [3.8, 4) is 34.1 Å². The summed E-state index contributed by atoms with van der Waals surface area (Å²) in [5.41, 5.74) is 2.66. The van der Waals surface area contributed by atoms with E-state index in [2.05, 4.69) is 9.97 Å². The van der Waals surface area contributed by atoms with Crippen LogP contribution in [0.1, 0.15) is 5.69 Å². The van der Waals surface area contributed by atoms with E-state index < -0.39 is 0 Å². The lowest BCUT2D eigenvalue weighted by Crippen LogP contribution is -1.98. The summed E-state index contributed by atoms with van der Waals surface area (Å²) in [4.78, 5) is 8.47. The number of phenols is 1. The van der Waals surface area contributed by atoms with Crippen molar-refractivity contribution < 1.29 is 15.1 Å². The van der Waals surface area contributed by atoms with Gasteiger partial charge in [-0.05, 0) is 37.3 Å². The Balaban J connectivity index is 2.14. The Labute approximate surface area is 127 Å². The Morgan fingerprint density at radius 2 is 2.00 bits per heavy atom. The number of phenolic OH excluding ortho intramolecular Hbond substituents is 1. The van der Waals surface area contributed by atoms with Crippen LogP contribution >= 0.6 is 0 Å². The second-order valence-electron chi connectivity index (χ2n) is 4.81. The highest BCUT2D eigenvalue weighted by molar-refractivity contribution is 5.69. The van der Waals surface area contributed by atoms with Crippen LogP contribution in [0.15, 0.2) is 42.7 Å². The van der Waals surface area contributed by atoms with Gasteiger partial charge in [0.05, 0.1) is 12.8 Å². The molecule has 0 radical (unpaired) electrons. The highest BCUT2D eigenvalue weighted by atomic mass is 16.5. The van der Waals surface area contributed by atoms with Crippen LogP contribution in [0.4, 0.5) is 0 Å². The second-order valence-corrected chi connectivity index (χ2v) is 4.81. The molecule has 0 aliphatic rings. The maximum Gasteiger partial charge on any atom is 0.176 e. The van der Waals surface area contributed by atoms with E-state index in [1.54, 1.807) is 30.6 Å². The highest BCUT2D eigenvalue weighted by Gasteiger charge is 2.18. The molecule has 3 rings (SSSR count). The molecule has 6 heteroatoms. The first-order valence-electron chi connectivity index (χ1n) is 6.68. The van der Waals surface area contributed by atoms with E-state index in [0.717, 1.165) is 10.3 Å². The summed E-state index contributed by atoms with van der Waals surface area (Å²) >= 11 is 0. The van der Waals surface area contributed by atoms with Crippen LogP contribution in [0.2, 0.25) is 0 Å². The van der Waals surface area contributed by atoms with Gasteiger partial charge in [-0.2, -0.15) is 4.73 Å². The van der Waals surface area contributed by atoms with Gasteiger partial charge in [0.2, 0.25) is 0 Å². The number of pyridine rings is 1. The van der Waals surface area contributed by atoms with Gasteiger partial charge >= 0.3 is 0 Å². The van der Waals surface area contributed by atoms with Crippen LogP contribution in [0, 0.1) is 6.92 Å². The second kappa shape index (κ2) is 5.40. The minimum absolute atomic E-state index is 0.0338. The molecule has 0 saturated heterocycles. The van der Waals surface area contributed by atoms with Crippen LogP contribution in [0.25, 0.3) is 22.6 Å². The molecule has 2 heterocycles. The van der Waals surface area contributed by atoms with E-state index in [0.29, 0.717) is 28.5 Å². The monoisotopic (exact) mass is 297 g/mol. The number of benzene rings is 1. The standard InChI is InChI=1S/C16H15N3O3/c1-10-15(12-4-3-7-17-9-12)19(21)16(18-10)11-5-6-13(20)14(8-11)22-2/h3-9,20-21H,1-2H3. The molecule has 0 bridgehead atoms. The first-order valence-corrected chi connectivity index (χ1v) is 6.68. The molecule has 22 heavy (non-hydrogen) atoms. The summed E-state index contributed by atoms with van der Waals surface area (Å²) in [6.45, 7) is 1.82. The third-order valence-corrected chi connectivity index (χ3v) is 3.40. The molecular formula is C16H15N3O3. The SMILES string of the molecule is COc1cc(-c2nc(C)c(-c3cccnc3)n2O)ccc1O. The zero-order valence-corrected chi connectivity index (χ0v) is 12.2. The summed E-state index contributed by atoms with van der Waals surface area (Å²) in [7, 11) is 1.47. The lowest BCUT2D eigenvalue weighted by Gasteiger charge is -2.07. The maximum absolute atomic E-state index is 10.5. The van der Waals surface area contributed by atoms with Gasteiger partial charge < -0.3 is 15.1 Å². The number of hydrogen-bond donors (Lipinski definition) is 2. The van der Waals surface area contributed by atoms with E-state index in [9.17, 15) is 10.3 Å². The van der Waals surface area contributed by atoms with Gasteiger partial charge in [0, 0.05) is 23.5 Å². The third-order valence-electron chi connectivity index (χ3n) is 3.40. The Hall–Kier alpha value is -3.02. The molecule has 0 aliphatic heterocycles. The average molecular weight is 297 g/mol. The van der Waals surface area contributed by atoms with Crippen LogP contribution in [-0.2, 0) is 0 Å². The Kier molecular flexibility index (Phi) is 3.42. The van der Waals surface area contributed by atoms with Crippen molar-refractivity contribution in [3.05, 3.63) is 48.4 Å². The largest absolute Gasteiger partial charge is 0.504 e. The summed E-state index contributed by atoms with van der Waals surface area (Å²) in [5, 5.41) is 20.1. The van der Waals surface area contributed by atoms with Gasteiger partial charge in [-0.15, -0.1) is 0 Å². The number of nitrogens with zero attached hydrogens (tertiary/aromatic N) is 3. The average Bonchev–Trinajstić information content (AvgIpc) is 2.83. The minimum atomic E-state index is 0.0338. The van der Waals surface area contributed by atoms with E-state index in [1.165, 1.54) is 13.2 Å². The van der Waals surface area contributed by atoms with Gasteiger partial charge in [0.15, 0.2) is 17.3 Å². The summed E-state index contributed by atoms with van der Waals surface area (Å²) in [6, 6.07) is 8.44. The molecule has 6 nitrogen and oxygen atoms in total. The zero-order chi connectivity index (χ0) is 15.7. The van der Waals surface area contributed by atoms with Crippen LogP contribution in [0.5, 0.6) is 11.5 Å². The molecule has 0 atom stereocenters. The fourth-order valence-electron chi connectivity index (χ4n) is 2.36. The predicted octanol–water partition coefficient (Wildman–Crippen LogP) is 2.87. The van der Waals surface area contributed by atoms with Crippen molar-refractivity contribution in [2.45, 2.75) is 6.92 Å². The molecule has 2 aromatic heterocycles. The Morgan fingerprint density at radius 3 is 2.68 bits per heavy atom. The van der Waals surface area contributed by atoms with Crippen LogP contribution in [0.3, 0.4) is 0 Å². The molecule has 1 aromatic carbocycles. The van der Waals surface area contributed by atoms with Crippen LogP contribution in [-0.4, -0.2) is 32.1 Å². The van der Waals surface area contributed by atoms with Gasteiger partial charge in [-0.3, -0.25) is 4.98 Å². The lowest BCUT2D eigenvalue weighted by atomic mass is 10.2. The molecule has 0 unspecified atom stereocenters. The van der Waals surface area contributed by atoms with E-state index >= 15 is 0 Å². The number of ether oxygens (including phenoxy) is 1. The molecule has 3 aromatic rings. The molecule has 0 amide bonds. The third kappa shape index (κ3) is 2.24. The van der Waals surface area contributed by atoms with Gasteiger partial charge in [-0.25, -0.2) is 4.98 Å². The Bertz CT molecular complexity index is 813. The lowest BCUT2D eigenvalue weighted by molar-refractivity contribution is 0.195. The van der Waals surface area contributed by atoms with Crippen molar-refractivity contribution in [1.29, 1.82) is 0 Å². The number of imidazole rings is 1. The van der Waals surface area contributed by atoms with E-state index in [-0.39, 0.29) is 5.75 Å². The van der Waals surface area contributed by atoms with Crippen molar-refractivity contribution in [3.63, 3.8) is 0 Å². The maximum atomic E-state index is 10.5. The molecular weight excluding hydrogens is 282 g/mol. The van der Waals surface area contributed by atoms with E-state index in [4.69, 9.17) is 4.74 Å². The molecule has 0 saturated carbocycles. The normalized spacial score (nSPS) is 10.6. The molecule has 0 spiro atoms. The first-order chi connectivity index (χ1) is 10.6. The molecule has 0 fully saturated rings. The minimum Gasteiger partial charge on any atom is -0.504 e. The highest BCUT2D eigenvalue weighted by Crippen LogP contribution is 2.33. The molecule has 2 N–H and O–H groups in total. The van der Waals surface area contributed by atoms with Gasteiger partial charge in [0.1, 0.15) is 5.69 Å². The molecule has 112 valence electrons. The predicted molar refractivity (Wildman–Crippen MR) is 81.0 cm³/mol. The zero-order valence-electron chi connectivity index (χ0n) is 12.2. The first kappa shape index (κ1) is 13.9. The fraction of sp³-hybridized carbons (Fsp3) is 0.125. The molecule has 0 aliphatic carbocycles. The summed E-state index contributed by atoms with van der Waals surface area (Å²) in [5.74, 6) is 0.724. The van der Waals surface area contributed by atoms with E-state index in [1.807, 2.05) is 13.0 Å². The summed E-state index contributed by atoms with van der Waals surface area (Å²) < 4.78 is 6.12. The van der Waals surface area contributed by atoms with Gasteiger partial charge in [-0.1, -0.05) is 0 Å². The van der Waals surface area contributed by atoms with Crippen LogP contribution < -0.4 is 4.74 Å². The quantitative estimate of drug-likeness (QED) is 0.727. The Morgan fingerprint density at radius 1 is 1.18 bits per heavy atom. The van der Waals surface area contributed by atoms with Gasteiger partial charge in [0.25, 0.3) is 0 Å². The van der Waals surface area contributed by atoms with Crippen molar-refractivity contribution in [1.82, 2.24) is 14.7 Å². The smallest absolute Gasteiger partial charge is 0.176 e. The number of aromatic hydroxyl groups is 1.